The SMILES string of the molecule is CCc1ccccc1NC(=O)CN(C)C(=O)/C=C/c1cccc(C(F)(F)F)c1. The van der Waals surface area contributed by atoms with Crippen molar-refractivity contribution in [3.8, 4) is 0 Å². The number of carbonyl (C=O) groups excluding carboxylic acids is 2. The average Bonchev–Trinajstić information content (AvgIpc) is 2.66. The number of halogens is 3. The second-order valence-corrected chi connectivity index (χ2v) is 6.21. The molecule has 0 aliphatic rings. The Morgan fingerprint density at radius 3 is 2.50 bits per heavy atom. The van der Waals surface area contributed by atoms with Crippen LogP contribution in [0.3, 0.4) is 0 Å². The van der Waals surface area contributed by atoms with Gasteiger partial charge in [0, 0.05) is 18.8 Å². The molecule has 148 valence electrons. The van der Waals surface area contributed by atoms with Crippen molar-refractivity contribution in [1.29, 1.82) is 0 Å². The molecule has 7 heteroatoms. The highest BCUT2D eigenvalue weighted by Gasteiger charge is 2.30. The lowest BCUT2D eigenvalue weighted by molar-refractivity contribution is -0.137. The van der Waals surface area contributed by atoms with Crippen LogP contribution in [0.25, 0.3) is 6.08 Å². The summed E-state index contributed by atoms with van der Waals surface area (Å²) in [5, 5.41) is 2.76. The molecule has 2 amide bonds. The van der Waals surface area contributed by atoms with Gasteiger partial charge in [-0.05, 0) is 41.8 Å². The van der Waals surface area contributed by atoms with Gasteiger partial charge in [-0.15, -0.1) is 0 Å². The maximum absolute atomic E-state index is 12.7. The van der Waals surface area contributed by atoms with E-state index in [0.717, 1.165) is 30.2 Å². The smallest absolute Gasteiger partial charge is 0.333 e. The number of rotatable bonds is 6. The first-order valence-corrected chi connectivity index (χ1v) is 8.69. The Labute approximate surface area is 161 Å². The second kappa shape index (κ2) is 9.21. The van der Waals surface area contributed by atoms with E-state index in [1.54, 1.807) is 12.1 Å². The van der Waals surface area contributed by atoms with Gasteiger partial charge < -0.3 is 10.2 Å². The van der Waals surface area contributed by atoms with Gasteiger partial charge in [0.25, 0.3) is 0 Å². The zero-order valence-corrected chi connectivity index (χ0v) is 15.6. The number of para-hydroxylation sites is 1. The predicted octanol–water partition coefficient (Wildman–Crippen LogP) is 4.38. The Hall–Kier alpha value is -3.09. The molecule has 0 atom stereocenters. The van der Waals surface area contributed by atoms with Crippen LogP contribution in [0.1, 0.15) is 23.6 Å². The van der Waals surface area contributed by atoms with Crippen LogP contribution in [0.4, 0.5) is 18.9 Å². The first-order chi connectivity index (χ1) is 13.2. The van der Waals surface area contributed by atoms with Crippen molar-refractivity contribution in [2.45, 2.75) is 19.5 Å². The first kappa shape index (κ1) is 21.2. The number of amides is 2. The Kier molecular flexibility index (Phi) is 6.98. The quantitative estimate of drug-likeness (QED) is 0.745. The Bertz CT molecular complexity index is 876. The Morgan fingerprint density at radius 1 is 1.11 bits per heavy atom. The van der Waals surface area contributed by atoms with E-state index in [4.69, 9.17) is 0 Å². The van der Waals surface area contributed by atoms with Gasteiger partial charge in [-0.25, -0.2) is 0 Å². The van der Waals surface area contributed by atoms with Gasteiger partial charge in [0.05, 0.1) is 12.1 Å². The third kappa shape index (κ3) is 5.97. The second-order valence-electron chi connectivity index (χ2n) is 6.21. The van der Waals surface area contributed by atoms with Crippen molar-refractivity contribution in [2.24, 2.45) is 0 Å². The highest BCUT2D eigenvalue weighted by molar-refractivity contribution is 5.98. The fourth-order valence-electron chi connectivity index (χ4n) is 2.55. The summed E-state index contributed by atoms with van der Waals surface area (Å²) in [7, 11) is 1.45. The molecule has 0 saturated heterocycles. The van der Waals surface area contributed by atoms with Crippen molar-refractivity contribution < 1.29 is 22.8 Å². The van der Waals surface area contributed by atoms with Gasteiger partial charge in [-0.1, -0.05) is 37.3 Å². The summed E-state index contributed by atoms with van der Waals surface area (Å²) < 4.78 is 38.2. The minimum atomic E-state index is -4.45. The van der Waals surface area contributed by atoms with E-state index in [2.05, 4.69) is 5.32 Å². The van der Waals surface area contributed by atoms with E-state index in [1.807, 2.05) is 19.1 Å². The number of benzene rings is 2. The fraction of sp³-hybridized carbons (Fsp3) is 0.238. The van der Waals surface area contributed by atoms with Crippen LogP contribution in [0.5, 0.6) is 0 Å². The number of hydrogen-bond donors (Lipinski definition) is 1. The van der Waals surface area contributed by atoms with E-state index in [1.165, 1.54) is 30.2 Å². The summed E-state index contributed by atoms with van der Waals surface area (Å²) in [5.41, 5.74) is 1.13. The molecular weight excluding hydrogens is 369 g/mol. The van der Waals surface area contributed by atoms with Crippen molar-refractivity contribution in [3.05, 3.63) is 71.3 Å². The van der Waals surface area contributed by atoms with Crippen LogP contribution < -0.4 is 5.32 Å². The molecule has 0 saturated carbocycles. The molecule has 1 N–H and O–H groups in total. The molecule has 0 aromatic heterocycles. The Morgan fingerprint density at radius 2 is 1.82 bits per heavy atom. The zero-order valence-electron chi connectivity index (χ0n) is 15.6. The summed E-state index contributed by atoms with van der Waals surface area (Å²) in [6, 6.07) is 12.0. The molecule has 0 spiro atoms. The highest BCUT2D eigenvalue weighted by Crippen LogP contribution is 2.29. The summed E-state index contributed by atoms with van der Waals surface area (Å²) in [5.74, 6) is -0.847. The van der Waals surface area contributed by atoms with Crippen LogP contribution in [0, 0.1) is 0 Å². The van der Waals surface area contributed by atoms with Crippen molar-refractivity contribution in [1.82, 2.24) is 4.90 Å². The summed E-state index contributed by atoms with van der Waals surface area (Å²) >= 11 is 0. The number of hydrogen-bond acceptors (Lipinski definition) is 2. The molecule has 0 heterocycles. The number of likely N-dealkylation sites (N-methyl/N-ethyl adjacent to an activating group) is 1. The molecule has 0 aliphatic carbocycles. The molecule has 0 fully saturated rings. The lowest BCUT2D eigenvalue weighted by atomic mass is 10.1. The van der Waals surface area contributed by atoms with E-state index in [-0.39, 0.29) is 18.0 Å². The lowest BCUT2D eigenvalue weighted by Gasteiger charge is -2.16. The van der Waals surface area contributed by atoms with Crippen LogP contribution in [0.2, 0.25) is 0 Å². The maximum Gasteiger partial charge on any atom is 0.416 e. The number of carbonyl (C=O) groups is 2. The number of nitrogens with one attached hydrogen (secondary N) is 1. The molecule has 2 aromatic carbocycles. The largest absolute Gasteiger partial charge is 0.416 e. The zero-order chi connectivity index (χ0) is 20.7. The minimum absolute atomic E-state index is 0.177. The van der Waals surface area contributed by atoms with Gasteiger partial charge >= 0.3 is 6.18 Å². The van der Waals surface area contributed by atoms with Crippen LogP contribution in [-0.4, -0.2) is 30.3 Å². The standard InChI is InChI=1S/C21H21F3N2O2/c1-3-16-8-4-5-10-18(16)25-19(27)14-26(2)20(28)12-11-15-7-6-9-17(13-15)21(22,23)24/h4-13H,3,14H2,1-2H3,(H,25,27)/b12-11+. The molecule has 2 aromatic rings. The van der Waals surface area contributed by atoms with Crippen LogP contribution in [0.15, 0.2) is 54.6 Å². The van der Waals surface area contributed by atoms with Crippen LogP contribution in [-0.2, 0) is 22.2 Å². The minimum Gasteiger partial charge on any atom is -0.333 e. The lowest BCUT2D eigenvalue weighted by Crippen LogP contribution is -2.34. The monoisotopic (exact) mass is 390 g/mol. The highest BCUT2D eigenvalue weighted by atomic mass is 19.4. The number of alkyl halides is 3. The molecular formula is C21H21F3N2O2. The molecule has 2 rings (SSSR count). The number of aryl methyl sites for hydroxylation is 1. The average molecular weight is 390 g/mol. The molecule has 28 heavy (non-hydrogen) atoms. The summed E-state index contributed by atoms with van der Waals surface area (Å²) in [4.78, 5) is 25.5. The third-order valence-electron chi connectivity index (χ3n) is 4.06. The van der Waals surface area contributed by atoms with Crippen molar-refractivity contribution in [3.63, 3.8) is 0 Å². The van der Waals surface area contributed by atoms with E-state index < -0.39 is 17.6 Å². The molecule has 0 aliphatic heterocycles. The van der Waals surface area contributed by atoms with Gasteiger partial charge in [0.15, 0.2) is 0 Å². The molecule has 0 radical (unpaired) electrons. The van der Waals surface area contributed by atoms with E-state index in [9.17, 15) is 22.8 Å². The van der Waals surface area contributed by atoms with Crippen molar-refractivity contribution in [2.75, 3.05) is 18.9 Å². The third-order valence-corrected chi connectivity index (χ3v) is 4.06. The maximum atomic E-state index is 12.7. The Balaban J connectivity index is 1.97. The van der Waals surface area contributed by atoms with E-state index in [0.29, 0.717) is 5.69 Å². The number of nitrogens with zero attached hydrogens (tertiary/aromatic N) is 1. The normalized spacial score (nSPS) is 11.5. The molecule has 0 unspecified atom stereocenters. The van der Waals surface area contributed by atoms with Gasteiger partial charge in [0.2, 0.25) is 11.8 Å². The summed E-state index contributed by atoms with van der Waals surface area (Å²) in [6.07, 6.45) is -1.26. The van der Waals surface area contributed by atoms with Crippen LogP contribution >= 0.6 is 0 Å². The molecule has 0 bridgehead atoms. The molecule has 4 nitrogen and oxygen atoms in total. The first-order valence-electron chi connectivity index (χ1n) is 8.69. The topological polar surface area (TPSA) is 49.4 Å². The summed E-state index contributed by atoms with van der Waals surface area (Å²) in [6.45, 7) is 1.79. The fourth-order valence-corrected chi connectivity index (χ4v) is 2.55. The van der Waals surface area contributed by atoms with Gasteiger partial charge in [-0.3, -0.25) is 9.59 Å². The number of anilines is 1. The van der Waals surface area contributed by atoms with Gasteiger partial charge in [-0.2, -0.15) is 13.2 Å². The van der Waals surface area contributed by atoms with Crippen molar-refractivity contribution >= 4 is 23.6 Å². The van der Waals surface area contributed by atoms with Gasteiger partial charge in [0.1, 0.15) is 0 Å². The van der Waals surface area contributed by atoms with E-state index >= 15 is 0 Å². The predicted molar refractivity (Wildman–Crippen MR) is 103 cm³/mol.